The Hall–Kier alpha value is -3.15. The second-order valence-corrected chi connectivity index (χ2v) is 4.48. The fourth-order valence-electron chi connectivity index (χ4n) is 2.02. The zero-order valence-electron chi connectivity index (χ0n) is 10.9. The molecule has 0 amide bonds. The van der Waals surface area contributed by atoms with Crippen LogP contribution in [0.3, 0.4) is 0 Å². The maximum atomic E-state index is 10.7. The lowest BCUT2D eigenvalue weighted by molar-refractivity contribution is -0.384. The predicted octanol–water partition coefficient (Wildman–Crippen LogP) is 3.53. The number of nitro benzene ring substituents is 1. The second kappa shape index (κ2) is 5.09. The SMILES string of the molecule is O=[N+]([O-])c1ccc2nc(C=C(O)c3ccccc3)[nH]c2c1. The van der Waals surface area contributed by atoms with Gasteiger partial charge in [0.2, 0.25) is 0 Å². The monoisotopic (exact) mass is 281 g/mol. The molecule has 0 saturated carbocycles. The summed E-state index contributed by atoms with van der Waals surface area (Å²) in [4.78, 5) is 17.5. The minimum Gasteiger partial charge on any atom is -0.507 e. The van der Waals surface area contributed by atoms with Crippen molar-refractivity contribution >= 4 is 28.6 Å². The summed E-state index contributed by atoms with van der Waals surface area (Å²) in [5, 5.41) is 20.8. The lowest BCUT2D eigenvalue weighted by Crippen LogP contribution is -1.86. The average molecular weight is 281 g/mol. The molecule has 0 aliphatic heterocycles. The Morgan fingerprint density at radius 2 is 2.00 bits per heavy atom. The summed E-state index contributed by atoms with van der Waals surface area (Å²) in [6.45, 7) is 0. The Bertz CT molecular complexity index is 838. The second-order valence-electron chi connectivity index (χ2n) is 4.48. The van der Waals surface area contributed by atoms with Crippen LogP contribution in [0.1, 0.15) is 11.4 Å². The van der Waals surface area contributed by atoms with E-state index in [9.17, 15) is 15.2 Å². The molecule has 6 heteroatoms. The number of nitro groups is 1. The van der Waals surface area contributed by atoms with Gasteiger partial charge >= 0.3 is 0 Å². The molecule has 0 saturated heterocycles. The zero-order valence-corrected chi connectivity index (χ0v) is 10.9. The van der Waals surface area contributed by atoms with Crippen molar-refractivity contribution in [2.45, 2.75) is 0 Å². The third-order valence-electron chi connectivity index (χ3n) is 3.04. The standard InChI is InChI=1S/C15H11N3O3/c19-14(10-4-2-1-3-5-10)9-15-16-12-7-6-11(18(20)21)8-13(12)17-15/h1-9,19H,(H,16,17). The van der Waals surface area contributed by atoms with Crippen LogP contribution in [0.15, 0.2) is 48.5 Å². The van der Waals surface area contributed by atoms with E-state index in [1.165, 1.54) is 18.2 Å². The van der Waals surface area contributed by atoms with Gasteiger partial charge in [-0.3, -0.25) is 10.1 Å². The summed E-state index contributed by atoms with van der Waals surface area (Å²) >= 11 is 0. The number of hydrogen-bond donors (Lipinski definition) is 2. The number of hydrogen-bond acceptors (Lipinski definition) is 4. The van der Waals surface area contributed by atoms with E-state index in [4.69, 9.17) is 0 Å². The van der Waals surface area contributed by atoms with Crippen LogP contribution in [0.4, 0.5) is 5.69 Å². The van der Waals surface area contributed by atoms with Gasteiger partial charge in [0.25, 0.3) is 5.69 Å². The lowest BCUT2D eigenvalue weighted by atomic mass is 10.2. The maximum Gasteiger partial charge on any atom is 0.271 e. The van der Waals surface area contributed by atoms with Crippen molar-refractivity contribution < 1.29 is 10.0 Å². The van der Waals surface area contributed by atoms with Gasteiger partial charge in [-0.15, -0.1) is 0 Å². The highest BCUT2D eigenvalue weighted by molar-refractivity contribution is 5.82. The predicted molar refractivity (Wildman–Crippen MR) is 79.7 cm³/mol. The summed E-state index contributed by atoms with van der Waals surface area (Å²) in [5.74, 6) is 0.510. The molecule has 0 unspecified atom stereocenters. The molecule has 104 valence electrons. The zero-order chi connectivity index (χ0) is 14.8. The number of H-pyrrole nitrogens is 1. The largest absolute Gasteiger partial charge is 0.507 e. The molecule has 21 heavy (non-hydrogen) atoms. The number of rotatable bonds is 3. The van der Waals surface area contributed by atoms with Crippen molar-refractivity contribution in [2.24, 2.45) is 0 Å². The van der Waals surface area contributed by atoms with E-state index in [1.54, 1.807) is 18.2 Å². The minimum absolute atomic E-state index is 0.00559. The van der Waals surface area contributed by atoms with Crippen LogP contribution in [0, 0.1) is 10.1 Å². The van der Waals surface area contributed by atoms with Crippen LogP contribution >= 0.6 is 0 Å². The maximum absolute atomic E-state index is 10.7. The van der Waals surface area contributed by atoms with Gasteiger partial charge < -0.3 is 10.1 Å². The van der Waals surface area contributed by atoms with E-state index in [1.807, 2.05) is 18.2 Å². The first-order chi connectivity index (χ1) is 10.1. The Morgan fingerprint density at radius 1 is 1.24 bits per heavy atom. The van der Waals surface area contributed by atoms with Gasteiger partial charge in [0, 0.05) is 23.8 Å². The van der Waals surface area contributed by atoms with E-state index in [-0.39, 0.29) is 11.4 Å². The van der Waals surface area contributed by atoms with Crippen LogP contribution in [0.25, 0.3) is 22.9 Å². The number of nitrogens with one attached hydrogen (secondary N) is 1. The molecule has 0 radical (unpaired) electrons. The molecular formula is C15H11N3O3. The highest BCUT2D eigenvalue weighted by Crippen LogP contribution is 2.21. The van der Waals surface area contributed by atoms with Crippen LogP contribution in [-0.2, 0) is 0 Å². The number of aliphatic hydroxyl groups excluding tert-OH is 1. The first-order valence-corrected chi connectivity index (χ1v) is 6.24. The summed E-state index contributed by atoms with van der Waals surface area (Å²) in [6, 6.07) is 13.4. The number of non-ortho nitro benzene ring substituents is 1. The van der Waals surface area contributed by atoms with E-state index < -0.39 is 4.92 Å². The van der Waals surface area contributed by atoms with Gasteiger partial charge in [0.1, 0.15) is 11.6 Å². The van der Waals surface area contributed by atoms with Crippen LogP contribution in [0.2, 0.25) is 0 Å². The van der Waals surface area contributed by atoms with Gasteiger partial charge in [0.15, 0.2) is 0 Å². The molecule has 0 bridgehead atoms. The van der Waals surface area contributed by atoms with E-state index in [0.717, 1.165) is 0 Å². The molecule has 0 atom stereocenters. The Labute approximate surface area is 119 Å². The summed E-state index contributed by atoms with van der Waals surface area (Å²) in [6.07, 6.45) is 1.49. The van der Waals surface area contributed by atoms with Gasteiger partial charge in [0.05, 0.1) is 16.0 Å². The number of aromatic amines is 1. The van der Waals surface area contributed by atoms with Crippen LogP contribution in [0.5, 0.6) is 0 Å². The summed E-state index contributed by atoms with van der Waals surface area (Å²) in [7, 11) is 0. The number of nitrogens with zero attached hydrogens (tertiary/aromatic N) is 2. The molecule has 1 heterocycles. The van der Waals surface area contributed by atoms with Crippen molar-refractivity contribution in [1.29, 1.82) is 0 Å². The van der Waals surface area contributed by atoms with Gasteiger partial charge in [-0.2, -0.15) is 0 Å². The molecular weight excluding hydrogens is 270 g/mol. The van der Waals surface area contributed by atoms with Crippen molar-refractivity contribution in [3.8, 4) is 0 Å². The van der Waals surface area contributed by atoms with Gasteiger partial charge in [-0.05, 0) is 6.07 Å². The van der Waals surface area contributed by atoms with Crippen molar-refractivity contribution in [3.63, 3.8) is 0 Å². The first kappa shape index (κ1) is 12.9. The molecule has 1 aromatic heterocycles. The normalized spacial score (nSPS) is 11.7. The Kier molecular flexibility index (Phi) is 3.12. The van der Waals surface area contributed by atoms with Crippen molar-refractivity contribution in [3.05, 3.63) is 70.0 Å². The number of fused-ring (bicyclic) bond motifs is 1. The summed E-state index contributed by atoms with van der Waals surface area (Å²) in [5.41, 5.74) is 1.82. The topological polar surface area (TPSA) is 92.1 Å². The molecule has 6 nitrogen and oxygen atoms in total. The molecule has 0 spiro atoms. The smallest absolute Gasteiger partial charge is 0.271 e. The quantitative estimate of drug-likeness (QED) is 0.436. The molecule has 0 aliphatic rings. The van der Waals surface area contributed by atoms with Gasteiger partial charge in [-0.1, -0.05) is 30.3 Å². The highest BCUT2D eigenvalue weighted by atomic mass is 16.6. The molecule has 0 fully saturated rings. The van der Waals surface area contributed by atoms with Crippen LogP contribution < -0.4 is 0 Å². The molecule has 2 N–H and O–H groups in total. The molecule has 3 aromatic rings. The Morgan fingerprint density at radius 3 is 2.71 bits per heavy atom. The first-order valence-electron chi connectivity index (χ1n) is 6.24. The molecule has 2 aromatic carbocycles. The average Bonchev–Trinajstić information content (AvgIpc) is 2.89. The highest BCUT2D eigenvalue weighted by Gasteiger charge is 2.09. The summed E-state index contributed by atoms with van der Waals surface area (Å²) < 4.78 is 0. The van der Waals surface area contributed by atoms with Crippen molar-refractivity contribution in [1.82, 2.24) is 9.97 Å². The third-order valence-corrected chi connectivity index (χ3v) is 3.04. The Balaban J connectivity index is 2.00. The molecule has 3 rings (SSSR count). The van der Waals surface area contributed by atoms with E-state index >= 15 is 0 Å². The van der Waals surface area contributed by atoms with E-state index in [0.29, 0.717) is 22.4 Å². The fourth-order valence-corrected chi connectivity index (χ4v) is 2.02. The van der Waals surface area contributed by atoms with Gasteiger partial charge in [-0.25, -0.2) is 4.98 Å². The molecule has 0 aliphatic carbocycles. The number of benzene rings is 2. The number of aromatic nitrogens is 2. The minimum atomic E-state index is -0.461. The lowest BCUT2D eigenvalue weighted by Gasteiger charge is -1.97. The number of imidazole rings is 1. The fraction of sp³-hybridized carbons (Fsp3) is 0. The van der Waals surface area contributed by atoms with Crippen LogP contribution in [-0.4, -0.2) is 20.0 Å². The number of aliphatic hydroxyl groups is 1. The van der Waals surface area contributed by atoms with Crippen molar-refractivity contribution in [2.75, 3.05) is 0 Å². The third kappa shape index (κ3) is 2.59. The van der Waals surface area contributed by atoms with E-state index in [2.05, 4.69) is 9.97 Å².